The summed E-state index contributed by atoms with van der Waals surface area (Å²) >= 11 is 0. The fourth-order valence-electron chi connectivity index (χ4n) is 1.19. The largest absolute Gasteiger partial charge is 0.385 e. The lowest BCUT2D eigenvalue weighted by Gasteiger charge is -2.02. The lowest BCUT2D eigenvalue weighted by atomic mass is 10.2. The van der Waals surface area contributed by atoms with Crippen LogP contribution in [0.25, 0.3) is 0 Å². The first-order chi connectivity index (χ1) is 7.28. The number of amidine groups is 1. The quantitative estimate of drug-likeness (QED) is 0.697. The summed E-state index contributed by atoms with van der Waals surface area (Å²) in [4.78, 5) is 8.06. The van der Waals surface area contributed by atoms with Gasteiger partial charge < -0.3 is 11.1 Å². The third kappa shape index (κ3) is 2.11. The molecule has 0 aliphatic carbocycles. The molecule has 0 amide bonds. The van der Waals surface area contributed by atoms with Crippen molar-refractivity contribution >= 4 is 17.5 Å². The number of hydrogen-bond acceptors (Lipinski definition) is 5. The van der Waals surface area contributed by atoms with E-state index < -0.39 is 0 Å². The zero-order valence-electron chi connectivity index (χ0n) is 7.94. The van der Waals surface area contributed by atoms with Gasteiger partial charge in [-0.25, -0.2) is 4.99 Å². The molecule has 0 radical (unpaired) electrons. The molecule has 1 aliphatic rings. The highest BCUT2D eigenvalue weighted by atomic mass is 15.2. The SMILES string of the molecule is N#Cc1ccc(NC2=NCC(N)=N2)cc1. The minimum atomic E-state index is 0.443. The highest BCUT2D eigenvalue weighted by Gasteiger charge is 2.06. The van der Waals surface area contributed by atoms with Crippen LogP contribution in [-0.2, 0) is 0 Å². The second kappa shape index (κ2) is 3.80. The molecule has 0 spiro atoms. The molecule has 5 nitrogen and oxygen atoms in total. The van der Waals surface area contributed by atoms with Crippen LogP contribution in [0, 0.1) is 11.3 Å². The summed E-state index contributed by atoms with van der Waals surface area (Å²) in [6.45, 7) is 0.443. The summed E-state index contributed by atoms with van der Waals surface area (Å²) < 4.78 is 0. The Morgan fingerprint density at radius 3 is 2.60 bits per heavy atom. The van der Waals surface area contributed by atoms with Crippen molar-refractivity contribution < 1.29 is 0 Å². The Labute approximate surface area is 87.0 Å². The van der Waals surface area contributed by atoms with Crippen molar-refractivity contribution in [1.29, 1.82) is 5.26 Å². The number of nitrogens with zero attached hydrogens (tertiary/aromatic N) is 3. The molecule has 74 valence electrons. The molecule has 0 saturated carbocycles. The van der Waals surface area contributed by atoms with Gasteiger partial charge >= 0.3 is 0 Å². The van der Waals surface area contributed by atoms with Gasteiger partial charge in [0.25, 0.3) is 0 Å². The zero-order valence-corrected chi connectivity index (χ0v) is 7.94. The van der Waals surface area contributed by atoms with Gasteiger partial charge in [-0.2, -0.15) is 10.3 Å². The highest BCUT2D eigenvalue weighted by molar-refractivity contribution is 6.07. The second-order valence-electron chi connectivity index (χ2n) is 3.06. The maximum Gasteiger partial charge on any atom is 0.224 e. The normalized spacial score (nSPS) is 14.1. The number of rotatable bonds is 1. The molecule has 0 unspecified atom stereocenters. The number of nitriles is 1. The summed E-state index contributed by atoms with van der Waals surface area (Å²) in [5.41, 5.74) is 6.94. The molecule has 2 rings (SSSR count). The van der Waals surface area contributed by atoms with Crippen LogP contribution in [0.1, 0.15) is 5.56 Å². The Kier molecular flexibility index (Phi) is 2.33. The molecular formula is C10H9N5. The fourth-order valence-corrected chi connectivity index (χ4v) is 1.19. The molecule has 0 atom stereocenters. The topological polar surface area (TPSA) is 86.6 Å². The zero-order chi connectivity index (χ0) is 10.7. The van der Waals surface area contributed by atoms with Gasteiger partial charge in [0.1, 0.15) is 12.4 Å². The van der Waals surface area contributed by atoms with Crippen molar-refractivity contribution in [2.45, 2.75) is 0 Å². The average molecular weight is 199 g/mol. The molecule has 0 saturated heterocycles. The number of guanidine groups is 1. The van der Waals surface area contributed by atoms with Gasteiger partial charge in [-0.15, -0.1) is 0 Å². The summed E-state index contributed by atoms with van der Waals surface area (Å²) in [7, 11) is 0. The highest BCUT2D eigenvalue weighted by Crippen LogP contribution is 2.09. The Hall–Kier alpha value is -2.35. The third-order valence-electron chi connectivity index (χ3n) is 1.91. The third-order valence-corrected chi connectivity index (χ3v) is 1.91. The van der Waals surface area contributed by atoms with E-state index >= 15 is 0 Å². The maximum absolute atomic E-state index is 8.61. The van der Waals surface area contributed by atoms with Gasteiger partial charge in [-0.05, 0) is 24.3 Å². The Balaban J connectivity index is 2.09. The molecule has 1 aliphatic heterocycles. The molecule has 0 bridgehead atoms. The standard InChI is InChI=1S/C10H9N5/c11-5-7-1-3-8(4-2-7)14-10-13-6-9(12)15-10/h1-4H,6H2,(H3,12,13,14,15). The van der Waals surface area contributed by atoms with Crippen LogP contribution in [0.15, 0.2) is 34.3 Å². The Morgan fingerprint density at radius 1 is 1.33 bits per heavy atom. The van der Waals surface area contributed by atoms with E-state index in [1.165, 1.54) is 0 Å². The molecule has 1 aromatic rings. The van der Waals surface area contributed by atoms with Gasteiger partial charge in [0, 0.05) is 5.69 Å². The Bertz CT molecular complexity index is 464. The van der Waals surface area contributed by atoms with Crippen LogP contribution >= 0.6 is 0 Å². The van der Waals surface area contributed by atoms with E-state index in [1.54, 1.807) is 24.3 Å². The lowest BCUT2D eigenvalue weighted by Crippen LogP contribution is -2.12. The number of aliphatic imine (C=N–C) groups is 2. The second-order valence-corrected chi connectivity index (χ2v) is 3.06. The van der Waals surface area contributed by atoms with Gasteiger partial charge in [0.15, 0.2) is 0 Å². The van der Waals surface area contributed by atoms with Crippen LogP contribution in [0.5, 0.6) is 0 Å². The van der Waals surface area contributed by atoms with Crippen LogP contribution < -0.4 is 11.1 Å². The summed E-state index contributed by atoms with van der Waals surface area (Å²) in [5.74, 6) is 1.02. The minimum absolute atomic E-state index is 0.443. The van der Waals surface area contributed by atoms with E-state index in [4.69, 9.17) is 11.0 Å². The Morgan fingerprint density at radius 2 is 2.07 bits per heavy atom. The molecule has 1 aromatic carbocycles. The predicted molar refractivity (Wildman–Crippen MR) is 58.7 cm³/mol. The van der Waals surface area contributed by atoms with Gasteiger partial charge in [0.05, 0.1) is 11.6 Å². The minimum Gasteiger partial charge on any atom is -0.385 e. The molecule has 0 aromatic heterocycles. The van der Waals surface area contributed by atoms with E-state index in [9.17, 15) is 0 Å². The number of anilines is 1. The fraction of sp³-hybridized carbons (Fsp3) is 0.100. The summed E-state index contributed by atoms with van der Waals surface area (Å²) in [6.07, 6.45) is 0. The average Bonchev–Trinajstić information content (AvgIpc) is 2.65. The van der Waals surface area contributed by atoms with Crippen molar-refractivity contribution in [2.24, 2.45) is 15.7 Å². The monoisotopic (exact) mass is 199 g/mol. The first-order valence-electron chi connectivity index (χ1n) is 4.42. The van der Waals surface area contributed by atoms with Crippen LogP contribution in [-0.4, -0.2) is 18.3 Å². The molecular weight excluding hydrogens is 190 g/mol. The van der Waals surface area contributed by atoms with Crippen molar-refractivity contribution in [1.82, 2.24) is 0 Å². The van der Waals surface area contributed by atoms with E-state index in [2.05, 4.69) is 15.3 Å². The summed E-state index contributed by atoms with van der Waals surface area (Å²) in [6, 6.07) is 9.10. The lowest BCUT2D eigenvalue weighted by molar-refractivity contribution is 1.31. The van der Waals surface area contributed by atoms with Crippen molar-refractivity contribution in [3.05, 3.63) is 29.8 Å². The first-order valence-corrected chi connectivity index (χ1v) is 4.42. The number of nitrogens with two attached hydrogens (primary N) is 1. The van der Waals surface area contributed by atoms with Crippen LogP contribution in [0.2, 0.25) is 0 Å². The van der Waals surface area contributed by atoms with E-state index in [-0.39, 0.29) is 0 Å². The predicted octanol–water partition coefficient (Wildman–Crippen LogP) is 0.697. The molecule has 1 heterocycles. The van der Waals surface area contributed by atoms with Gasteiger partial charge in [-0.1, -0.05) is 0 Å². The number of hydrogen-bond donors (Lipinski definition) is 2. The van der Waals surface area contributed by atoms with E-state index in [0.29, 0.717) is 23.9 Å². The van der Waals surface area contributed by atoms with Crippen LogP contribution in [0.3, 0.4) is 0 Å². The first kappa shape index (κ1) is 9.21. The molecule has 5 heteroatoms. The van der Waals surface area contributed by atoms with E-state index in [1.807, 2.05) is 6.07 Å². The molecule has 3 N–H and O–H groups in total. The number of benzene rings is 1. The van der Waals surface area contributed by atoms with E-state index in [0.717, 1.165) is 5.69 Å². The summed E-state index contributed by atoms with van der Waals surface area (Å²) in [5, 5.41) is 11.6. The van der Waals surface area contributed by atoms with Gasteiger partial charge in [-0.3, -0.25) is 0 Å². The maximum atomic E-state index is 8.61. The molecule has 15 heavy (non-hydrogen) atoms. The van der Waals surface area contributed by atoms with Crippen molar-refractivity contribution in [2.75, 3.05) is 11.9 Å². The van der Waals surface area contributed by atoms with Gasteiger partial charge in [0.2, 0.25) is 5.96 Å². The van der Waals surface area contributed by atoms with Crippen molar-refractivity contribution in [3.8, 4) is 6.07 Å². The number of nitrogens with one attached hydrogen (secondary N) is 1. The molecule has 0 fully saturated rings. The smallest absolute Gasteiger partial charge is 0.224 e. The van der Waals surface area contributed by atoms with Crippen molar-refractivity contribution in [3.63, 3.8) is 0 Å². The van der Waals surface area contributed by atoms with Crippen LogP contribution in [0.4, 0.5) is 5.69 Å².